The van der Waals surface area contributed by atoms with Crippen LogP contribution < -0.4 is 0 Å². The lowest BCUT2D eigenvalue weighted by Crippen LogP contribution is -2.45. The van der Waals surface area contributed by atoms with Gasteiger partial charge in [0.05, 0.1) is 12.2 Å². The van der Waals surface area contributed by atoms with Gasteiger partial charge in [-0.3, -0.25) is 0 Å². The summed E-state index contributed by atoms with van der Waals surface area (Å²) in [4.78, 5) is 0. The first-order valence-corrected chi connectivity index (χ1v) is 8.63. The summed E-state index contributed by atoms with van der Waals surface area (Å²) in [5.41, 5.74) is 0.697. The van der Waals surface area contributed by atoms with Gasteiger partial charge in [-0.25, -0.2) is 0 Å². The Morgan fingerprint density at radius 2 is 2.00 bits per heavy atom. The molecule has 2 aliphatic heterocycles. The molecule has 3 unspecified atom stereocenters. The van der Waals surface area contributed by atoms with Crippen molar-refractivity contribution in [3.63, 3.8) is 0 Å². The van der Waals surface area contributed by atoms with Gasteiger partial charge in [-0.1, -0.05) is 26.0 Å². The lowest BCUT2D eigenvalue weighted by atomic mass is 10.1. The van der Waals surface area contributed by atoms with E-state index < -0.39 is 8.32 Å². The molecule has 1 fully saturated rings. The van der Waals surface area contributed by atoms with Crippen molar-refractivity contribution < 1.29 is 9.16 Å². The average molecular weight is 226 g/mol. The highest BCUT2D eigenvalue weighted by molar-refractivity contribution is 6.75. The molecular weight excluding hydrogens is 204 g/mol. The quantitative estimate of drug-likeness (QED) is 0.530. The molecule has 0 N–H and O–H groups in total. The Labute approximate surface area is 93.8 Å². The molecule has 2 heterocycles. The molecule has 2 aliphatic rings. The summed E-state index contributed by atoms with van der Waals surface area (Å²) in [7, 11) is -1.54. The number of rotatable bonds is 5. The van der Waals surface area contributed by atoms with Crippen LogP contribution in [0.15, 0.2) is 12.2 Å². The first-order valence-electron chi connectivity index (χ1n) is 6.23. The van der Waals surface area contributed by atoms with E-state index >= 15 is 0 Å². The van der Waals surface area contributed by atoms with E-state index in [1.165, 1.54) is 18.5 Å². The molecule has 0 radical (unpaired) electrons. The molecule has 0 aromatic heterocycles. The van der Waals surface area contributed by atoms with Crippen LogP contribution in [0.25, 0.3) is 0 Å². The highest BCUT2D eigenvalue weighted by Crippen LogP contribution is 2.47. The smallest absolute Gasteiger partial charge is 0.198 e. The minimum Gasteiger partial charge on any atom is -0.417 e. The molecule has 2 nitrogen and oxygen atoms in total. The minimum atomic E-state index is -1.54. The summed E-state index contributed by atoms with van der Waals surface area (Å²) in [6.07, 6.45) is 6.44. The lowest BCUT2D eigenvalue weighted by Gasteiger charge is -2.36. The highest BCUT2D eigenvalue weighted by atomic mass is 28.4. The van der Waals surface area contributed by atoms with Crippen LogP contribution in [0.5, 0.6) is 0 Å². The molecule has 0 aromatic rings. The Morgan fingerprint density at radius 1 is 1.27 bits per heavy atom. The fourth-order valence-corrected chi connectivity index (χ4v) is 7.36. The van der Waals surface area contributed by atoms with Crippen LogP contribution in [0.3, 0.4) is 0 Å². The third-order valence-corrected chi connectivity index (χ3v) is 9.21. The summed E-state index contributed by atoms with van der Waals surface area (Å²) in [5.74, 6) is 0. The summed E-state index contributed by atoms with van der Waals surface area (Å²) >= 11 is 0. The third-order valence-electron chi connectivity index (χ3n) is 4.03. The molecule has 2 rings (SSSR count). The van der Waals surface area contributed by atoms with Gasteiger partial charge in [-0.15, -0.1) is 0 Å². The zero-order chi connectivity index (χ0) is 10.9. The second kappa shape index (κ2) is 4.40. The van der Waals surface area contributed by atoms with E-state index in [1.54, 1.807) is 0 Å². The topological polar surface area (TPSA) is 18.5 Å². The molecule has 2 bridgehead atoms. The number of hydrogen-bond donors (Lipinski definition) is 0. The third kappa shape index (κ3) is 1.81. The maximum Gasteiger partial charge on any atom is 0.198 e. The predicted octanol–water partition coefficient (Wildman–Crippen LogP) is 3.11. The second-order valence-corrected chi connectivity index (χ2v) is 9.15. The first-order chi connectivity index (χ1) is 7.25. The summed E-state index contributed by atoms with van der Waals surface area (Å²) in [6, 6.07) is 2.45. The van der Waals surface area contributed by atoms with Gasteiger partial charge in [-0.05, 0) is 25.4 Å². The highest BCUT2D eigenvalue weighted by Gasteiger charge is 2.50. The van der Waals surface area contributed by atoms with Crippen LogP contribution >= 0.6 is 0 Å². The van der Waals surface area contributed by atoms with Crippen molar-refractivity contribution in [3.8, 4) is 0 Å². The van der Waals surface area contributed by atoms with E-state index in [1.807, 2.05) is 0 Å². The normalized spacial score (nSPS) is 33.9. The van der Waals surface area contributed by atoms with Gasteiger partial charge in [-0.2, -0.15) is 0 Å². The van der Waals surface area contributed by atoms with Crippen LogP contribution in [0.1, 0.15) is 27.2 Å². The van der Waals surface area contributed by atoms with Gasteiger partial charge in [0, 0.05) is 12.1 Å². The van der Waals surface area contributed by atoms with Gasteiger partial charge in [0.15, 0.2) is 8.32 Å². The van der Waals surface area contributed by atoms with Crippen molar-refractivity contribution in [3.05, 3.63) is 12.2 Å². The molecule has 3 atom stereocenters. The fourth-order valence-electron chi connectivity index (χ4n) is 3.16. The summed E-state index contributed by atoms with van der Waals surface area (Å²) in [5, 5.41) is 0. The molecule has 1 saturated heterocycles. The van der Waals surface area contributed by atoms with Gasteiger partial charge in [0.1, 0.15) is 0 Å². The standard InChI is InChI=1S/C12H22O2Si/c1-4-13-15(5-2,6-3)12-9-10-7-8-11(12)14-10/h7-8,10-12H,4-6,9H2,1-3H3. The van der Waals surface area contributed by atoms with Gasteiger partial charge < -0.3 is 9.16 Å². The lowest BCUT2D eigenvalue weighted by molar-refractivity contribution is 0.118. The van der Waals surface area contributed by atoms with Crippen LogP contribution in [0.4, 0.5) is 0 Å². The number of hydrogen-bond acceptors (Lipinski definition) is 2. The SMILES string of the molecule is CCO[Si](CC)(CC)C1CC2C=CC1O2. The van der Waals surface area contributed by atoms with E-state index in [0.717, 1.165) is 6.61 Å². The molecule has 0 amide bonds. The van der Waals surface area contributed by atoms with Crippen LogP contribution in [0, 0.1) is 0 Å². The maximum absolute atomic E-state index is 6.19. The van der Waals surface area contributed by atoms with E-state index in [2.05, 4.69) is 32.9 Å². The molecule has 0 aromatic carbocycles. The Morgan fingerprint density at radius 3 is 2.40 bits per heavy atom. The van der Waals surface area contributed by atoms with Crippen LogP contribution in [0.2, 0.25) is 17.6 Å². The van der Waals surface area contributed by atoms with E-state index in [0.29, 0.717) is 17.7 Å². The first kappa shape index (κ1) is 11.4. The predicted molar refractivity (Wildman–Crippen MR) is 64.5 cm³/mol. The van der Waals surface area contributed by atoms with Crippen molar-refractivity contribution in [1.29, 1.82) is 0 Å². The zero-order valence-corrected chi connectivity index (χ0v) is 11.0. The monoisotopic (exact) mass is 226 g/mol. The zero-order valence-electron chi connectivity index (χ0n) is 10.0. The Bertz CT molecular complexity index is 248. The van der Waals surface area contributed by atoms with E-state index in [-0.39, 0.29) is 0 Å². The number of ether oxygens (including phenoxy) is 1. The molecule has 3 heteroatoms. The number of fused-ring (bicyclic) bond motifs is 2. The van der Waals surface area contributed by atoms with Crippen molar-refractivity contribution in [1.82, 2.24) is 0 Å². The van der Waals surface area contributed by atoms with Gasteiger partial charge >= 0.3 is 0 Å². The second-order valence-electron chi connectivity index (χ2n) is 4.57. The molecule has 0 saturated carbocycles. The minimum absolute atomic E-state index is 0.369. The molecular formula is C12H22O2Si. The molecule has 0 aliphatic carbocycles. The van der Waals surface area contributed by atoms with E-state index in [4.69, 9.17) is 9.16 Å². The molecule has 86 valence electrons. The van der Waals surface area contributed by atoms with Crippen molar-refractivity contribution in [2.75, 3.05) is 6.61 Å². The Hall–Kier alpha value is -0.123. The van der Waals surface area contributed by atoms with Gasteiger partial charge in [0.25, 0.3) is 0 Å². The van der Waals surface area contributed by atoms with Gasteiger partial charge in [0.2, 0.25) is 0 Å². The molecule has 15 heavy (non-hydrogen) atoms. The maximum atomic E-state index is 6.19. The summed E-state index contributed by atoms with van der Waals surface area (Å²) in [6.45, 7) is 7.57. The molecule has 0 spiro atoms. The fraction of sp³-hybridized carbons (Fsp3) is 0.833. The van der Waals surface area contributed by atoms with Crippen LogP contribution in [-0.4, -0.2) is 27.1 Å². The van der Waals surface area contributed by atoms with Crippen molar-refractivity contribution >= 4 is 8.32 Å². The van der Waals surface area contributed by atoms with Crippen molar-refractivity contribution in [2.24, 2.45) is 0 Å². The average Bonchev–Trinajstić information content (AvgIpc) is 2.88. The Kier molecular flexibility index (Phi) is 3.33. The largest absolute Gasteiger partial charge is 0.417 e. The summed E-state index contributed by atoms with van der Waals surface area (Å²) < 4.78 is 12.1. The van der Waals surface area contributed by atoms with E-state index in [9.17, 15) is 0 Å². The van der Waals surface area contributed by atoms with Crippen molar-refractivity contribution in [2.45, 2.75) is 57.0 Å². The Balaban J connectivity index is 2.14. The van der Waals surface area contributed by atoms with Crippen LogP contribution in [-0.2, 0) is 9.16 Å².